The van der Waals surface area contributed by atoms with E-state index in [2.05, 4.69) is 30.2 Å². The first-order valence-corrected chi connectivity index (χ1v) is 11.7. The lowest BCUT2D eigenvalue weighted by molar-refractivity contribution is -0.132. The molecule has 2 aromatic carbocycles. The standard InChI is InChI=1S/C27H37N3O2/c1-6-17-29-19-22(5)30(20-21(29)4)27(32,24-14-10-9-11-15-24)25-16-12-13-23(18-25)26(31)28(7-2)8-3/h6,9-16,18,21-22,32H,1,7-8,17,19-20H2,2-5H3/t21-,22+,27-/m1/s1. The number of carbonyl (C=O) groups is 1. The van der Waals surface area contributed by atoms with Crippen LogP contribution in [0.4, 0.5) is 0 Å². The zero-order valence-corrected chi connectivity index (χ0v) is 19.9. The van der Waals surface area contributed by atoms with Gasteiger partial charge in [0.15, 0.2) is 5.72 Å². The lowest BCUT2D eigenvalue weighted by atomic mass is 9.88. The Morgan fingerprint density at radius 2 is 1.72 bits per heavy atom. The van der Waals surface area contributed by atoms with Gasteiger partial charge in [-0.3, -0.25) is 14.6 Å². The van der Waals surface area contributed by atoms with Crippen molar-refractivity contribution in [1.29, 1.82) is 0 Å². The number of amides is 1. The minimum absolute atomic E-state index is 0.00974. The first-order valence-electron chi connectivity index (χ1n) is 11.7. The third kappa shape index (κ3) is 4.65. The zero-order chi connectivity index (χ0) is 23.3. The monoisotopic (exact) mass is 435 g/mol. The molecular weight excluding hydrogens is 398 g/mol. The van der Waals surface area contributed by atoms with Gasteiger partial charge >= 0.3 is 0 Å². The summed E-state index contributed by atoms with van der Waals surface area (Å²) in [5.41, 5.74) is 0.794. The molecule has 0 aliphatic carbocycles. The first-order chi connectivity index (χ1) is 15.4. The molecule has 1 saturated heterocycles. The second kappa shape index (κ2) is 10.4. The van der Waals surface area contributed by atoms with E-state index in [1.165, 1.54) is 0 Å². The highest BCUT2D eigenvalue weighted by Crippen LogP contribution is 2.37. The molecule has 5 heteroatoms. The molecule has 5 nitrogen and oxygen atoms in total. The SMILES string of the molecule is C=CCN1C[C@H](C)N([C@@](O)(c2ccccc2)c2cccc(C(=O)N(CC)CC)c2)C[C@H]1C. The lowest BCUT2D eigenvalue weighted by Crippen LogP contribution is -2.63. The van der Waals surface area contributed by atoms with Crippen molar-refractivity contribution < 1.29 is 9.90 Å². The number of nitrogens with zero attached hydrogens (tertiary/aromatic N) is 3. The van der Waals surface area contributed by atoms with Gasteiger partial charge in [0, 0.05) is 61.5 Å². The van der Waals surface area contributed by atoms with Gasteiger partial charge in [-0.2, -0.15) is 0 Å². The fourth-order valence-electron chi connectivity index (χ4n) is 4.80. The normalized spacial score (nSPS) is 21.7. The Bertz CT molecular complexity index is 912. The summed E-state index contributed by atoms with van der Waals surface area (Å²) in [4.78, 5) is 19.4. The maximum Gasteiger partial charge on any atom is 0.253 e. The Labute approximate surface area is 193 Å². The molecular formula is C27H37N3O2. The Hall–Kier alpha value is -2.47. The average molecular weight is 436 g/mol. The van der Waals surface area contributed by atoms with Crippen LogP contribution in [0, 0.1) is 0 Å². The summed E-state index contributed by atoms with van der Waals surface area (Å²) in [6, 6.07) is 17.7. The molecule has 1 heterocycles. The van der Waals surface area contributed by atoms with Crippen molar-refractivity contribution in [3.63, 3.8) is 0 Å². The summed E-state index contributed by atoms with van der Waals surface area (Å²) in [6.45, 7) is 15.9. The van der Waals surface area contributed by atoms with Crippen molar-refractivity contribution >= 4 is 5.91 Å². The highest BCUT2D eigenvalue weighted by Gasteiger charge is 2.44. The van der Waals surface area contributed by atoms with Crippen LogP contribution in [0.15, 0.2) is 67.3 Å². The second-order valence-corrected chi connectivity index (χ2v) is 8.69. The van der Waals surface area contributed by atoms with Gasteiger partial charge in [0.05, 0.1) is 0 Å². The molecule has 0 bridgehead atoms. The third-order valence-electron chi connectivity index (χ3n) is 6.63. The van der Waals surface area contributed by atoms with Gasteiger partial charge in [0.1, 0.15) is 0 Å². The third-order valence-corrected chi connectivity index (χ3v) is 6.63. The summed E-state index contributed by atoms with van der Waals surface area (Å²) in [5, 5.41) is 12.4. The van der Waals surface area contributed by atoms with Gasteiger partial charge < -0.3 is 10.0 Å². The molecule has 1 N–H and O–H groups in total. The molecule has 172 valence electrons. The maximum absolute atomic E-state index is 13.0. The van der Waals surface area contributed by atoms with Crippen molar-refractivity contribution in [3.05, 3.63) is 83.9 Å². The van der Waals surface area contributed by atoms with Crippen molar-refractivity contribution in [2.24, 2.45) is 0 Å². The summed E-state index contributed by atoms with van der Waals surface area (Å²) < 4.78 is 0. The summed E-state index contributed by atoms with van der Waals surface area (Å²) >= 11 is 0. The molecule has 2 aromatic rings. The molecule has 0 radical (unpaired) electrons. The molecule has 0 unspecified atom stereocenters. The van der Waals surface area contributed by atoms with E-state index in [0.29, 0.717) is 25.2 Å². The number of hydrogen-bond acceptors (Lipinski definition) is 4. The van der Waals surface area contributed by atoms with Crippen LogP contribution in [-0.4, -0.2) is 70.5 Å². The van der Waals surface area contributed by atoms with Gasteiger partial charge in [-0.1, -0.05) is 48.5 Å². The minimum Gasteiger partial charge on any atom is -0.367 e. The molecule has 32 heavy (non-hydrogen) atoms. The first kappa shape index (κ1) is 24.2. The Morgan fingerprint density at radius 1 is 1.06 bits per heavy atom. The molecule has 3 rings (SSSR count). The van der Waals surface area contributed by atoms with Crippen LogP contribution >= 0.6 is 0 Å². The maximum atomic E-state index is 13.0. The van der Waals surface area contributed by atoms with Crippen LogP contribution in [0.1, 0.15) is 49.2 Å². The van der Waals surface area contributed by atoms with Gasteiger partial charge in [-0.15, -0.1) is 6.58 Å². The van der Waals surface area contributed by atoms with E-state index < -0.39 is 5.72 Å². The van der Waals surface area contributed by atoms with Gasteiger partial charge in [0.2, 0.25) is 0 Å². The minimum atomic E-state index is -1.34. The van der Waals surface area contributed by atoms with Crippen LogP contribution in [0.5, 0.6) is 0 Å². The quantitative estimate of drug-likeness (QED) is 0.638. The van der Waals surface area contributed by atoms with E-state index in [-0.39, 0.29) is 18.0 Å². The average Bonchev–Trinajstić information content (AvgIpc) is 2.82. The molecule has 0 aromatic heterocycles. The van der Waals surface area contributed by atoms with Crippen LogP contribution in [0.2, 0.25) is 0 Å². The predicted octanol–water partition coefficient (Wildman–Crippen LogP) is 3.94. The molecule has 1 amide bonds. The molecule has 1 aliphatic rings. The van der Waals surface area contributed by atoms with Crippen LogP contribution in [-0.2, 0) is 5.72 Å². The molecule has 0 spiro atoms. The largest absolute Gasteiger partial charge is 0.367 e. The van der Waals surface area contributed by atoms with E-state index in [4.69, 9.17) is 0 Å². The summed E-state index contributed by atoms with van der Waals surface area (Å²) in [7, 11) is 0. The lowest BCUT2D eigenvalue weighted by Gasteiger charge is -2.51. The summed E-state index contributed by atoms with van der Waals surface area (Å²) in [5.74, 6) is -0.00974. The number of carbonyl (C=O) groups excluding carboxylic acids is 1. The van der Waals surface area contributed by atoms with E-state index in [1.807, 2.05) is 74.5 Å². The van der Waals surface area contributed by atoms with Crippen molar-refractivity contribution in [2.75, 3.05) is 32.7 Å². The number of hydrogen-bond donors (Lipinski definition) is 1. The van der Waals surface area contributed by atoms with Crippen LogP contribution in [0.3, 0.4) is 0 Å². The van der Waals surface area contributed by atoms with Crippen molar-refractivity contribution in [1.82, 2.24) is 14.7 Å². The number of aliphatic hydroxyl groups is 1. The zero-order valence-electron chi connectivity index (χ0n) is 19.9. The molecule has 1 aliphatic heterocycles. The Balaban J connectivity index is 2.08. The van der Waals surface area contributed by atoms with Crippen molar-refractivity contribution in [2.45, 2.75) is 45.5 Å². The van der Waals surface area contributed by atoms with Gasteiger partial charge in [-0.05, 0) is 39.8 Å². The fourth-order valence-corrected chi connectivity index (χ4v) is 4.80. The van der Waals surface area contributed by atoms with Gasteiger partial charge in [0.25, 0.3) is 5.91 Å². The highest BCUT2D eigenvalue weighted by atomic mass is 16.3. The van der Waals surface area contributed by atoms with Crippen LogP contribution in [0.25, 0.3) is 0 Å². The smallest absolute Gasteiger partial charge is 0.253 e. The second-order valence-electron chi connectivity index (χ2n) is 8.69. The number of rotatable bonds is 8. The van der Waals surface area contributed by atoms with E-state index in [0.717, 1.165) is 24.2 Å². The molecule has 0 saturated carbocycles. The van der Waals surface area contributed by atoms with E-state index in [9.17, 15) is 9.90 Å². The Kier molecular flexibility index (Phi) is 7.88. The van der Waals surface area contributed by atoms with Gasteiger partial charge in [-0.25, -0.2) is 0 Å². The number of benzene rings is 2. The van der Waals surface area contributed by atoms with Crippen molar-refractivity contribution in [3.8, 4) is 0 Å². The van der Waals surface area contributed by atoms with E-state index in [1.54, 1.807) is 4.90 Å². The fraction of sp³-hybridized carbons (Fsp3) is 0.444. The molecule has 3 atom stereocenters. The van der Waals surface area contributed by atoms with E-state index >= 15 is 0 Å². The molecule has 1 fully saturated rings. The highest BCUT2D eigenvalue weighted by molar-refractivity contribution is 5.94. The predicted molar refractivity (Wildman–Crippen MR) is 131 cm³/mol. The van der Waals surface area contributed by atoms with Crippen LogP contribution < -0.4 is 0 Å². The number of piperazine rings is 1. The Morgan fingerprint density at radius 3 is 2.34 bits per heavy atom. The summed E-state index contributed by atoms with van der Waals surface area (Å²) in [6.07, 6.45) is 1.94. The topological polar surface area (TPSA) is 47.0 Å².